The molecule has 1 aliphatic heterocycles. The van der Waals surface area contributed by atoms with Gasteiger partial charge in [-0.05, 0) is 26.2 Å². The Labute approximate surface area is 112 Å². The Morgan fingerprint density at radius 1 is 1.16 bits per heavy atom. The van der Waals surface area contributed by atoms with E-state index in [1.807, 2.05) is 31.2 Å². The molecular formula is C15H18N2O2. The van der Waals surface area contributed by atoms with E-state index in [1.165, 1.54) is 12.0 Å². The second-order valence-corrected chi connectivity index (χ2v) is 5.28. The lowest BCUT2D eigenvalue weighted by Gasteiger charge is -2.40. The molecule has 4 nitrogen and oxygen atoms in total. The molecule has 0 unspecified atom stereocenters. The smallest absolute Gasteiger partial charge is 0.253 e. The fraction of sp³-hybridized carbons (Fsp3) is 0.400. The molecule has 0 saturated heterocycles. The van der Waals surface area contributed by atoms with Crippen molar-refractivity contribution in [3.63, 3.8) is 0 Å². The van der Waals surface area contributed by atoms with Gasteiger partial charge in [-0.15, -0.1) is 0 Å². The first-order valence-corrected chi connectivity index (χ1v) is 6.68. The molecule has 1 aliphatic carbocycles. The number of aliphatic hydroxyl groups is 2. The molecule has 3 rings (SSSR count). The van der Waals surface area contributed by atoms with E-state index in [0.29, 0.717) is 12.6 Å². The summed E-state index contributed by atoms with van der Waals surface area (Å²) in [4.78, 5) is 6.28. The van der Waals surface area contributed by atoms with Crippen LogP contribution < -0.4 is 0 Å². The summed E-state index contributed by atoms with van der Waals surface area (Å²) >= 11 is 0. The first kappa shape index (κ1) is 12.1. The molecule has 0 radical (unpaired) electrons. The molecule has 1 aromatic rings. The average molecular weight is 258 g/mol. The van der Waals surface area contributed by atoms with Gasteiger partial charge in [0.15, 0.2) is 5.76 Å². The van der Waals surface area contributed by atoms with Crippen LogP contribution in [0, 0.1) is 6.92 Å². The zero-order valence-electron chi connectivity index (χ0n) is 11.0. The van der Waals surface area contributed by atoms with Crippen molar-refractivity contribution in [1.82, 2.24) is 4.90 Å². The Morgan fingerprint density at radius 3 is 2.42 bits per heavy atom. The Morgan fingerprint density at radius 2 is 1.84 bits per heavy atom. The van der Waals surface area contributed by atoms with Crippen molar-refractivity contribution in [2.45, 2.75) is 32.2 Å². The van der Waals surface area contributed by atoms with Crippen LogP contribution in [-0.2, 0) is 0 Å². The van der Waals surface area contributed by atoms with Gasteiger partial charge in [0, 0.05) is 11.6 Å². The lowest BCUT2D eigenvalue weighted by Crippen LogP contribution is -2.47. The summed E-state index contributed by atoms with van der Waals surface area (Å²) in [5.74, 6) is 0.467. The second-order valence-electron chi connectivity index (χ2n) is 5.28. The molecule has 2 aliphatic rings. The highest BCUT2D eigenvalue weighted by Gasteiger charge is 2.32. The molecule has 0 spiro atoms. The number of nitrogens with zero attached hydrogens (tertiary/aromatic N) is 2. The van der Waals surface area contributed by atoms with Gasteiger partial charge in [-0.1, -0.05) is 29.8 Å². The maximum absolute atomic E-state index is 9.71. The van der Waals surface area contributed by atoms with E-state index >= 15 is 0 Å². The van der Waals surface area contributed by atoms with Crippen LogP contribution in [0.3, 0.4) is 0 Å². The van der Waals surface area contributed by atoms with Crippen molar-refractivity contribution in [3.05, 3.63) is 47.0 Å². The predicted molar refractivity (Wildman–Crippen MR) is 74.3 cm³/mol. The number of aliphatic imine (C=N–C) groups is 1. The molecular weight excluding hydrogens is 240 g/mol. The van der Waals surface area contributed by atoms with Gasteiger partial charge in [-0.25, -0.2) is 0 Å². The lowest BCUT2D eigenvalue weighted by atomic mass is 9.90. The Kier molecular flexibility index (Phi) is 2.93. The molecule has 0 bridgehead atoms. The van der Waals surface area contributed by atoms with Crippen LogP contribution in [0.4, 0.5) is 0 Å². The third kappa shape index (κ3) is 2.18. The fourth-order valence-electron chi connectivity index (χ4n) is 2.47. The van der Waals surface area contributed by atoms with Gasteiger partial charge in [-0.3, -0.25) is 0 Å². The minimum absolute atomic E-state index is 0.0391. The minimum atomic E-state index is -0.258. The fourth-order valence-corrected chi connectivity index (χ4v) is 2.47. The van der Waals surface area contributed by atoms with Crippen molar-refractivity contribution >= 4 is 5.84 Å². The van der Waals surface area contributed by atoms with Crippen LogP contribution >= 0.6 is 0 Å². The van der Waals surface area contributed by atoms with Crippen LogP contribution in [-0.4, -0.2) is 33.5 Å². The van der Waals surface area contributed by atoms with E-state index in [4.69, 9.17) is 0 Å². The Balaban J connectivity index is 1.98. The van der Waals surface area contributed by atoms with E-state index in [0.717, 1.165) is 24.2 Å². The predicted octanol–water partition coefficient (Wildman–Crippen LogP) is 2.89. The highest BCUT2D eigenvalue weighted by molar-refractivity contribution is 6.00. The van der Waals surface area contributed by atoms with E-state index in [1.54, 1.807) is 0 Å². The molecule has 0 aromatic heterocycles. The standard InChI is InChI=1S/C15H18N2O2/c1-10-5-7-11(8-6-10)14-16-15(19)13(18)9-17(14)12-3-2-4-12/h5-8,12,18-19H,2-4,9H2,1H3. The lowest BCUT2D eigenvalue weighted by molar-refractivity contribution is 0.182. The van der Waals surface area contributed by atoms with Crippen LogP contribution in [0.5, 0.6) is 0 Å². The summed E-state index contributed by atoms with van der Waals surface area (Å²) in [6, 6.07) is 8.51. The number of aliphatic hydroxyl groups excluding tert-OH is 2. The Bertz CT molecular complexity index is 542. The van der Waals surface area contributed by atoms with Crippen LogP contribution in [0.1, 0.15) is 30.4 Å². The molecule has 0 atom stereocenters. The summed E-state index contributed by atoms with van der Waals surface area (Å²) in [7, 11) is 0. The van der Waals surface area contributed by atoms with Gasteiger partial charge in [0.2, 0.25) is 0 Å². The third-order valence-electron chi connectivity index (χ3n) is 3.89. The highest BCUT2D eigenvalue weighted by atomic mass is 16.3. The quantitative estimate of drug-likeness (QED) is 0.857. The number of benzene rings is 1. The number of aryl methyl sites for hydroxylation is 1. The summed E-state index contributed by atoms with van der Waals surface area (Å²) in [5.41, 5.74) is 2.18. The van der Waals surface area contributed by atoms with Crippen LogP contribution in [0.2, 0.25) is 0 Å². The Hall–Kier alpha value is -1.97. The molecule has 1 fully saturated rings. The van der Waals surface area contributed by atoms with E-state index in [-0.39, 0.29) is 11.6 Å². The maximum Gasteiger partial charge on any atom is 0.253 e. The molecule has 4 heteroatoms. The zero-order chi connectivity index (χ0) is 13.4. The van der Waals surface area contributed by atoms with Gasteiger partial charge < -0.3 is 15.1 Å². The van der Waals surface area contributed by atoms with Gasteiger partial charge in [0.25, 0.3) is 5.88 Å². The van der Waals surface area contributed by atoms with Crippen LogP contribution in [0.15, 0.2) is 40.9 Å². The summed E-state index contributed by atoms with van der Waals surface area (Å²) in [6.07, 6.45) is 3.47. The van der Waals surface area contributed by atoms with E-state index in [2.05, 4.69) is 9.89 Å². The van der Waals surface area contributed by atoms with E-state index in [9.17, 15) is 10.2 Å². The SMILES string of the molecule is Cc1ccc(C2=NC(O)=C(O)CN2C2CCC2)cc1. The number of amidine groups is 1. The normalized spacial score (nSPS) is 20.3. The summed E-state index contributed by atoms with van der Waals surface area (Å²) in [5, 5.41) is 19.4. The van der Waals surface area contributed by atoms with Gasteiger partial charge in [0.05, 0.1) is 6.54 Å². The molecule has 2 N–H and O–H groups in total. The first-order valence-electron chi connectivity index (χ1n) is 6.68. The number of hydrogen-bond acceptors (Lipinski definition) is 4. The second kappa shape index (κ2) is 4.61. The molecule has 1 heterocycles. The number of rotatable bonds is 2. The van der Waals surface area contributed by atoms with Gasteiger partial charge in [-0.2, -0.15) is 4.99 Å². The van der Waals surface area contributed by atoms with Crippen LogP contribution in [0.25, 0.3) is 0 Å². The van der Waals surface area contributed by atoms with Crippen molar-refractivity contribution in [3.8, 4) is 0 Å². The third-order valence-corrected chi connectivity index (χ3v) is 3.89. The summed E-state index contributed by atoms with van der Waals surface area (Å²) in [6.45, 7) is 2.39. The zero-order valence-corrected chi connectivity index (χ0v) is 11.0. The largest absolute Gasteiger partial charge is 0.506 e. The van der Waals surface area contributed by atoms with Crippen molar-refractivity contribution in [2.24, 2.45) is 4.99 Å². The first-order chi connectivity index (χ1) is 9.15. The number of hydrogen-bond donors (Lipinski definition) is 2. The topological polar surface area (TPSA) is 56.1 Å². The molecule has 0 amide bonds. The van der Waals surface area contributed by atoms with E-state index < -0.39 is 0 Å². The van der Waals surface area contributed by atoms with Crippen molar-refractivity contribution < 1.29 is 10.2 Å². The van der Waals surface area contributed by atoms with Crippen molar-refractivity contribution in [2.75, 3.05) is 6.54 Å². The average Bonchev–Trinajstić information content (AvgIpc) is 2.32. The monoisotopic (exact) mass is 258 g/mol. The molecule has 1 aromatic carbocycles. The van der Waals surface area contributed by atoms with Gasteiger partial charge in [0.1, 0.15) is 5.84 Å². The van der Waals surface area contributed by atoms with Crippen molar-refractivity contribution in [1.29, 1.82) is 0 Å². The maximum atomic E-state index is 9.71. The highest BCUT2D eigenvalue weighted by Crippen LogP contribution is 2.29. The minimum Gasteiger partial charge on any atom is -0.506 e. The molecule has 100 valence electrons. The summed E-state index contributed by atoms with van der Waals surface area (Å²) < 4.78 is 0. The molecule has 1 saturated carbocycles. The van der Waals surface area contributed by atoms with Gasteiger partial charge >= 0.3 is 0 Å². The molecule has 19 heavy (non-hydrogen) atoms.